The molecule has 0 atom stereocenters. The molecule has 98 valence electrons. The molecule has 1 fully saturated rings. The van der Waals surface area contributed by atoms with E-state index in [1.165, 1.54) is 0 Å². The van der Waals surface area contributed by atoms with Gasteiger partial charge >= 0.3 is 0 Å². The molecule has 1 amide bonds. The molecule has 2 N–H and O–H groups in total. The van der Waals surface area contributed by atoms with Crippen LogP contribution in [-0.2, 0) is 0 Å². The van der Waals surface area contributed by atoms with Crippen molar-refractivity contribution in [1.29, 1.82) is 0 Å². The number of benzene rings is 1. The van der Waals surface area contributed by atoms with Crippen LogP contribution in [0, 0.1) is 0 Å². The van der Waals surface area contributed by atoms with E-state index in [2.05, 4.69) is 6.92 Å². The molecule has 18 heavy (non-hydrogen) atoms. The van der Waals surface area contributed by atoms with Crippen LogP contribution >= 0.6 is 0 Å². The molecule has 0 bridgehead atoms. The molecule has 1 saturated heterocycles. The molecule has 0 radical (unpaired) electrons. The minimum Gasteiger partial charge on any atom is -0.378 e. The van der Waals surface area contributed by atoms with Gasteiger partial charge in [-0.25, -0.2) is 0 Å². The predicted molar refractivity (Wildman–Crippen MR) is 73.9 cm³/mol. The van der Waals surface area contributed by atoms with Crippen LogP contribution in [0.15, 0.2) is 24.3 Å². The third kappa shape index (κ3) is 2.34. The lowest BCUT2D eigenvalue weighted by Gasteiger charge is -2.47. The third-order valence-corrected chi connectivity index (χ3v) is 3.61. The van der Waals surface area contributed by atoms with E-state index < -0.39 is 0 Å². The summed E-state index contributed by atoms with van der Waals surface area (Å²) in [6.45, 7) is 3.39. The van der Waals surface area contributed by atoms with Crippen molar-refractivity contribution >= 4 is 11.6 Å². The monoisotopic (exact) mass is 247 g/mol. The van der Waals surface area contributed by atoms with E-state index in [1.807, 2.05) is 48.2 Å². The minimum absolute atomic E-state index is 0.0771. The molecular weight excluding hydrogens is 226 g/mol. The fourth-order valence-electron chi connectivity index (χ4n) is 2.18. The Morgan fingerprint density at radius 3 is 2.67 bits per heavy atom. The molecule has 1 heterocycles. The summed E-state index contributed by atoms with van der Waals surface area (Å²) < 4.78 is 0. The van der Waals surface area contributed by atoms with Crippen LogP contribution in [0.4, 0.5) is 5.69 Å². The Kier molecular flexibility index (Phi) is 3.30. The maximum absolute atomic E-state index is 12.3. The summed E-state index contributed by atoms with van der Waals surface area (Å²) in [5.74, 6) is 0.0771. The van der Waals surface area contributed by atoms with Gasteiger partial charge in [0.1, 0.15) is 0 Å². The van der Waals surface area contributed by atoms with Crippen molar-refractivity contribution in [3.05, 3.63) is 29.8 Å². The van der Waals surface area contributed by atoms with Gasteiger partial charge < -0.3 is 15.5 Å². The maximum Gasteiger partial charge on any atom is 0.254 e. The second kappa shape index (κ2) is 4.61. The predicted octanol–water partition coefficient (Wildman–Crippen LogP) is 1.32. The molecule has 1 aromatic carbocycles. The molecule has 1 aliphatic rings. The molecule has 0 spiro atoms. The van der Waals surface area contributed by atoms with Gasteiger partial charge in [-0.05, 0) is 24.6 Å². The molecule has 1 aromatic rings. The van der Waals surface area contributed by atoms with E-state index in [-0.39, 0.29) is 11.4 Å². The number of carbonyl (C=O) groups is 1. The Balaban J connectivity index is 2.09. The van der Waals surface area contributed by atoms with Gasteiger partial charge in [0.2, 0.25) is 0 Å². The normalized spacial score (nSPS) is 17.2. The summed E-state index contributed by atoms with van der Waals surface area (Å²) in [5, 5.41) is 0. The average Bonchev–Trinajstić information content (AvgIpc) is 2.34. The topological polar surface area (TPSA) is 49.6 Å². The molecule has 1 aliphatic heterocycles. The van der Waals surface area contributed by atoms with Crippen LogP contribution in [0.3, 0.4) is 0 Å². The standard InChI is InChI=1S/C14H21N3O/c1-4-14(15)9-17(10-14)13(18)11-6-5-7-12(8-11)16(2)3/h5-8H,4,9-10,15H2,1-3H3. The highest BCUT2D eigenvalue weighted by molar-refractivity contribution is 5.95. The molecule has 2 rings (SSSR count). The molecular formula is C14H21N3O. The van der Waals surface area contributed by atoms with Gasteiger partial charge in [-0.15, -0.1) is 0 Å². The number of hydrogen-bond donors (Lipinski definition) is 1. The first kappa shape index (κ1) is 12.9. The maximum atomic E-state index is 12.3. The van der Waals surface area contributed by atoms with Gasteiger partial charge in [-0.2, -0.15) is 0 Å². The SMILES string of the molecule is CCC1(N)CN(C(=O)c2cccc(N(C)C)c2)C1. The zero-order valence-electron chi connectivity index (χ0n) is 11.3. The average molecular weight is 247 g/mol. The number of rotatable bonds is 3. The Hall–Kier alpha value is -1.55. The van der Waals surface area contributed by atoms with E-state index in [4.69, 9.17) is 5.73 Å². The second-order valence-electron chi connectivity index (χ2n) is 5.32. The lowest BCUT2D eigenvalue weighted by atomic mass is 9.88. The summed E-state index contributed by atoms with van der Waals surface area (Å²) in [5.41, 5.74) is 7.69. The number of nitrogens with zero attached hydrogens (tertiary/aromatic N) is 2. The van der Waals surface area contributed by atoms with Crippen LogP contribution in [0.1, 0.15) is 23.7 Å². The van der Waals surface area contributed by atoms with Crippen LogP contribution in [0.2, 0.25) is 0 Å². The first-order valence-corrected chi connectivity index (χ1v) is 6.31. The van der Waals surface area contributed by atoms with E-state index >= 15 is 0 Å². The molecule has 0 aliphatic carbocycles. The number of carbonyl (C=O) groups excluding carboxylic acids is 1. The number of hydrogen-bond acceptors (Lipinski definition) is 3. The molecule has 4 heteroatoms. The second-order valence-corrected chi connectivity index (χ2v) is 5.32. The summed E-state index contributed by atoms with van der Waals surface area (Å²) in [4.78, 5) is 16.1. The zero-order valence-corrected chi connectivity index (χ0v) is 11.3. The number of nitrogens with two attached hydrogens (primary N) is 1. The van der Waals surface area contributed by atoms with E-state index in [9.17, 15) is 4.79 Å². The van der Waals surface area contributed by atoms with E-state index in [0.717, 1.165) is 17.7 Å². The summed E-state index contributed by atoms with van der Waals surface area (Å²) in [6.07, 6.45) is 0.911. The minimum atomic E-state index is -0.172. The summed E-state index contributed by atoms with van der Waals surface area (Å²) in [6, 6.07) is 7.69. The van der Waals surface area contributed by atoms with Gasteiger partial charge in [0.15, 0.2) is 0 Å². The highest BCUT2D eigenvalue weighted by Crippen LogP contribution is 2.24. The van der Waals surface area contributed by atoms with E-state index in [1.54, 1.807) is 0 Å². The van der Waals surface area contributed by atoms with Gasteiger partial charge in [0.25, 0.3) is 5.91 Å². The van der Waals surface area contributed by atoms with Crippen molar-refractivity contribution in [2.75, 3.05) is 32.1 Å². The fourth-order valence-corrected chi connectivity index (χ4v) is 2.18. The molecule has 0 unspecified atom stereocenters. The van der Waals surface area contributed by atoms with Crippen molar-refractivity contribution in [2.45, 2.75) is 18.9 Å². The summed E-state index contributed by atoms with van der Waals surface area (Å²) >= 11 is 0. The Morgan fingerprint density at radius 1 is 1.44 bits per heavy atom. The summed E-state index contributed by atoms with van der Waals surface area (Å²) in [7, 11) is 3.93. The highest BCUT2D eigenvalue weighted by atomic mass is 16.2. The lowest BCUT2D eigenvalue weighted by Crippen LogP contribution is -2.68. The van der Waals surface area contributed by atoms with Crippen molar-refractivity contribution in [1.82, 2.24) is 4.90 Å². The lowest BCUT2D eigenvalue weighted by molar-refractivity contribution is 0.0401. The zero-order chi connectivity index (χ0) is 13.3. The van der Waals surface area contributed by atoms with Crippen molar-refractivity contribution in [2.24, 2.45) is 5.73 Å². The van der Waals surface area contributed by atoms with Crippen molar-refractivity contribution in [3.8, 4) is 0 Å². The highest BCUT2D eigenvalue weighted by Gasteiger charge is 2.40. The van der Waals surface area contributed by atoms with Crippen LogP contribution in [0.25, 0.3) is 0 Å². The van der Waals surface area contributed by atoms with Gasteiger partial charge in [0.05, 0.1) is 5.54 Å². The first-order chi connectivity index (χ1) is 8.45. The molecule has 4 nitrogen and oxygen atoms in total. The smallest absolute Gasteiger partial charge is 0.254 e. The fraction of sp³-hybridized carbons (Fsp3) is 0.500. The van der Waals surface area contributed by atoms with Crippen molar-refractivity contribution < 1.29 is 4.79 Å². The third-order valence-electron chi connectivity index (χ3n) is 3.61. The largest absolute Gasteiger partial charge is 0.378 e. The first-order valence-electron chi connectivity index (χ1n) is 6.31. The van der Waals surface area contributed by atoms with Gasteiger partial charge in [-0.3, -0.25) is 4.79 Å². The number of anilines is 1. The Labute approximate surface area is 108 Å². The Morgan fingerprint density at radius 2 is 2.11 bits per heavy atom. The number of amides is 1. The van der Waals surface area contributed by atoms with Crippen LogP contribution in [0.5, 0.6) is 0 Å². The van der Waals surface area contributed by atoms with Crippen LogP contribution in [-0.4, -0.2) is 43.5 Å². The van der Waals surface area contributed by atoms with E-state index in [0.29, 0.717) is 13.1 Å². The quantitative estimate of drug-likeness (QED) is 0.876. The van der Waals surface area contributed by atoms with Crippen molar-refractivity contribution in [3.63, 3.8) is 0 Å². The number of likely N-dealkylation sites (tertiary alicyclic amines) is 1. The van der Waals surface area contributed by atoms with Gasteiger partial charge in [0, 0.05) is 38.4 Å². The van der Waals surface area contributed by atoms with Gasteiger partial charge in [-0.1, -0.05) is 13.0 Å². The Bertz CT molecular complexity index is 450. The molecule has 0 aromatic heterocycles. The van der Waals surface area contributed by atoms with Crippen LogP contribution < -0.4 is 10.6 Å². The molecule has 0 saturated carbocycles.